The maximum atomic E-state index is 10.9. The molecule has 18 heavy (non-hydrogen) atoms. The van der Waals surface area contributed by atoms with Gasteiger partial charge in [0.15, 0.2) is 17.8 Å². The highest BCUT2D eigenvalue weighted by molar-refractivity contribution is 6.33. The maximum absolute atomic E-state index is 10.9. The Morgan fingerprint density at radius 1 is 1.11 bits per heavy atom. The van der Waals surface area contributed by atoms with Crippen molar-refractivity contribution in [3.05, 3.63) is 53.2 Å². The van der Waals surface area contributed by atoms with E-state index in [4.69, 9.17) is 11.6 Å². The molecule has 0 N–H and O–H groups in total. The van der Waals surface area contributed by atoms with Crippen LogP contribution in [0.1, 0.15) is 10.5 Å². The molecule has 0 amide bonds. The van der Waals surface area contributed by atoms with Gasteiger partial charge in [-0.15, -0.1) is 5.10 Å². The van der Waals surface area contributed by atoms with Gasteiger partial charge in [0.1, 0.15) is 5.69 Å². The van der Waals surface area contributed by atoms with Crippen LogP contribution in [0.3, 0.4) is 0 Å². The van der Waals surface area contributed by atoms with Crippen LogP contribution < -0.4 is 0 Å². The zero-order chi connectivity index (χ0) is 12.5. The zero-order valence-electron chi connectivity index (χ0n) is 9.25. The fourth-order valence-electron chi connectivity index (χ4n) is 1.77. The number of halogens is 1. The van der Waals surface area contributed by atoms with Gasteiger partial charge in [0.25, 0.3) is 0 Å². The summed E-state index contributed by atoms with van der Waals surface area (Å²) >= 11 is 6.10. The van der Waals surface area contributed by atoms with Crippen LogP contribution in [0.4, 0.5) is 0 Å². The minimum absolute atomic E-state index is 0.457. The second-order valence-electron chi connectivity index (χ2n) is 3.75. The molecule has 88 valence electrons. The molecule has 0 radical (unpaired) electrons. The maximum Gasteiger partial charge on any atom is 0.183 e. The topological polar surface area (TPSA) is 47.3 Å². The fourth-order valence-corrected chi connectivity index (χ4v) is 1.99. The normalized spacial score (nSPS) is 10.7. The van der Waals surface area contributed by atoms with Gasteiger partial charge in [-0.3, -0.25) is 4.79 Å². The second-order valence-corrected chi connectivity index (χ2v) is 4.16. The van der Waals surface area contributed by atoms with Gasteiger partial charge >= 0.3 is 0 Å². The van der Waals surface area contributed by atoms with Crippen molar-refractivity contribution in [3.63, 3.8) is 0 Å². The van der Waals surface area contributed by atoms with Crippen LogP contribution >= 0.6 is 11.6 Å². The molecule has 0 atom stereocenters. The van der Waals surface area contributed by atoms with Gasteiger partial charge in [-0.2, -0.15) is 0 Å². The average molecular weight is 258 g/mol. The first-order chi connectivity index (χ1) is 8.79. The quantitative estimate of drug-likeness (QED) is 0.663. The van der Waals surface area contributed by atoms with Crippen molar-refractivity contribution in [2.45, 2.75) is 0 Å². The molecule has 4 nitrogen and oxygen atoms in total. The summed E-state index contributed by atoms with van der Waals surface area (Å²) in [5, 5.41) is 4.89. The van der Waals surface area contributed by atoms with Crippen molar-refractivity contribution in [2.75, 3.05) is 0 Å². The van der Waals surface area contributed by atoms with Crippen molar-refractivity contribution < 1.29 is 4.79 Å². The third-order valence-electron chi connectivity index (χ3n) is 2.62. The molecule has 5 heteroatoms. The molecular formula is C13H8ClN3O. The van der Waals surface area contributed by atoms with Crippen molar-refractivity contribution in [2.24, 2.45) is 0 Å². The van der Waals surface area contributed by atoms with E-state index in [1.54, 1.807) is 24.3 Å². The minimum atomic E-state index is 0.457. The highest BCUT2D eigenvalue weighted by Gasteiger charge is 2.10. The highest BCUT2D eigenvalue weighted by atomic mass is 35.5. The Morgan fingerprint density at radius 2 is 1.94 bits per heavy atom. The largest absolute Gasteiger partial charge is 0.296 e. The van der Waals surface area contributed by atoms with Crippen LogP contribution in [0.25, 0.3) is 17.0 Å². The molecule has 1 aromatic carbocycles. The molecule has 0 aliphatic carbocycles. The van der Waals surface area contributed by atoms with Gasteiger partial charge in [0.05, 0.1) is 5.02 Å². The molecule has 0 spiro atoms. The number of carbonyl (C=O) groups excluding carboxylic acids is 1. The van der Waals surface area contributed by atoms with Crippen molar-refractivity contribution in [1.29, 1.82) is 0 Å². The van der Waals surface area contributed by atoms with Crippen molar-refractivity contribution >= 4 is 23.5 Å². The molecular weight excluding hydrogens is 250 g/mol. The summed E-state index contributed by atoms with van der Waals surface area (Å²) < 4.78 is 1.51. The molecule has 0 aliphatic heterocycles. The zero-order valence-corrected chi connectivity index (χ0v) is 10.0. The number of fused-ring (bicyclic) bond motifs is 1. The summed E-state index contributed by atoms with van der Waals surface area (Å²) in [4.78, 5) is 15.3. The van der Waals surface area contributed by atoms with E-state index in [0.29, 0.717) is 22.2 Å². The molecule has 2 aromatic heterocycles. The van der Waals surface area contributed by atoms with E-state index in [-0.39, 0.29) is 0 Å². The number of benzene rings is 1. The summed E-state index contributed by atoms with van der Waals surface area (Å²) in [6, 6.07) is 12.6. The van der Waals surface area contributed by atoms with Gasteiger partial charge < -0.3 is 0 Å². The Morgan fingerprint density at radius 3 is 2.72 bits per heavy atom. The smallest absolute Gasteiger partial charge is 0.183 e. The molecule has 0 saturated carbocycles. The second kappa shape index (κ2) is 4.23. The first-order valence-corrected chi connectivity index (χ1v) is 5.73. The number of rotatable bonds is 2. The molecule has 3 aromatic rings. The van der Waals surface area contributed by atoms with Gasteiger partial charge in [-0.1, -0.05) is 29.8 Å². The number of hydrogen-bond acceptors (Lipinski definition) is 3. The molecule has 0 saturated heterocycles. The molecule has 2 heterocycles. The third kappa shape index (κ3) is 1.67. The summed E-state index contributed by atoms with van der Waals surface area (Å²) in [5.41, 5.74) is 1.83. The minimum Gasteiger partial charge on any atom is -0.296 e. The van der Waals surface area contributed by atoms with Gasteiger partial charge in [-0.05, 0) is 24.3 Å². The lowest BCUT2D eigenvalue weighted by atomic mass is 10.2. The standard InChI is InChI=1S/C13H8ClN3O/c14-11-6-2-1-5-10(11)13-15-12-7-3-4-9(8-18)17(12)16-13/h1-8H. The summed E-state index contributed by atoms with van der Waals surface area (Å²) in [6.07, 6.45) is 0.748. The monoisotopic (exact) mass is 257 g/mol. The van der Waals surface area contributed by atoms with Gasteiger partial charge in [0.2, 0.25) is 0 Å². The Labute approximate surface area is 108 Å². The number of nitrogens with zero attached hydrogens (tertiary/aromatic N) is 3. The fraction of sp³-hybridized carbons (Fsp3) is 0. The van der Waals surface area contributed by atoms with Crippen LogP contribution in [0.5, 0.6) is 0 Å². The van der Waals surface area contributed by atoms with E-state index in [1.165, 1.54) is 4.52 Å². The van der Waals surface area contributed by atoms with E-state index in [9.17, 15) is 4.79 Å². The van der Waals surface area contributed by atoms with E-state index in [2.05, 4.69) is 10.1 Å². The Kier molecular flexibility index (Phi) is 2.57. The molecule has 0 aliphatic rings. The van der Waals surface area contributed by atoms with E-state index in [0.717, 1.165) is 11.8 Å². The van der Waals surface area contributed by atoms with Crippen molar-refractivity contribution in [3.8, 4) is 11.4 Å². The number of aldehydes is 1. The summed E-state index contributed by atoms with van der Waals surface area (Å²) in [7, 11) is 0. The summed E-state index contributed by atoms with van der Waals surface area (Å²) in [5.74, 6) is 0.509. The Balaban J connectivity index is 2.26. The van der Waals surface area contributed by atoms with Crippen LogP contribution in [-0.2, 0) is 0 Å². The average Bonchev–Trinajstić information content (AvgIpc) is 2.82. The van der Waals surface area contributed by atoms with Crippen LogP contribution in [0.2, 0.25) is 5.02 Å². The van der Waals surface area contributed by atoms with E-state index in [1.807, 2.05) is 18.2 Å². The number of hydrogen-bond donors (Lipinski definition) is 0. The lowest BCUT2D eigenvalue weighted by Crippen LogP contribution is -1.96. The predicted octanol–water partition coefficient (Wildman–Crippen LogP) is 2.86. The first-order valence-electron chi connectivity index (χ1n) is 5.35. The lowest BCUT2D eigenvalue weighted by molar-refractivity contribution is 0.111. The van der Waals surface area contributed by atoms with Crippen molar-refractivity contribution in [1.82, 2.24) is 14.6 Å². The van der Waals surface area contributed by atoms with Crippen LogP contribution in [0.15, 0.2) is 42.5 Å². The third-order valence-corrected chi connectivity index (χ3v) is 2.95. The summed E-state index contributed by atoms with van der Waals surface area (Å²) in [6.45, 7) is 0. The van der Waals surface area contributed by atoms with E-state index < -0.39 is 0 Å². The van der Waals surface area contributed by atoms with Crippen LogP contribution in [-0.4, -0.2) is 20.9 Å². The number of carbonyl (C=O) groups is 1. The number of pyridine rings is 1. The lowest BCUT2D eigenvalue weighted by Gasteiger charge is -1.97. The number of aromatic nitrogens is 3. The van der Waals surface area contributed by atoms with Gasteiger partial charge in [-0.25, -0.2) is 9.50 Å². The predicted molar refractivity (Wildman–Crippen MR) is 68.8 cm³/mol. The first kappa shape index (κ1) is 10.9. The SMILES string of the molecule is O=Cc1cccc2nc(-c3ccccc3Cl)nn12. The molecule has 0 bridgehead atoms. The highest BCUT2D eigenvalue weighted by Crippen LogP contribution is 2.25. The van der Waals surface area contributed by atoms with E-state index >= 15 is 0 Å². The van der Waals surface area contributed by atoms with Gasteiger partial charge in [0, 0.05) is 5.56 Å². The van der Waals surface area contributed by atoms with Crippen LogP contribution in [0, 0.1) is 0 Å². The molecule has 0 fully saturated rings. The Bertz CT molecular complexity index is 736. The molecule has 3 rings (SSSR count). The Hall–Kier alpha value is -2.20. The molecule has 0 unspecified atom stereocenters.